The summed E-state index contributed by atoms with van der Waals surface area (Å²) in [6.07, 6.45) is 2.50. The highest BCUT2D eigenvalue weighted by molar-refractivity contribution is 5.86. The minimum atomic E-state index is -0.320. The van der Waals surface area contributed by atoms with Crippen molar-refractivity contribution in [2.24, 2.45) is 5.92 Å². The predicted octanol–water partition coefficient (Wildman–Crippen LogP) is 1.35. The second-order valence-corrected chi connectivity index (χ2v) is 6.08. The van der Waals surface area contributed by atoms with E-state index in [4.69, 9.17) is 0 Å². The molecule has 1 amide bonds. The molecule has 4 nitrogen and oxygen atoms in total. The molecule has 2 saturated heterocycles. The van der Waals surface area contributed by atoms with E-state index in [1.807, 2.05) is 4.90 Å². The number of carbonyl (C=O) groups excluding carboxylic acids is 1. The fourth-order valence-electron chi connectivity index (χ4n) is 3.14. The van der Waals surface area contributed by atoms with E-state index in [1.165, 1.54) is 12.8 Å². The number of hydrogen-bond acceptors (Lipinski definition) is 3. The topological polar surface area (TPSA) is 35.6 Å². The predicted molar refractivity (Wildman–Crippen MR) is 80.7 cm³/mol. The highest BCUT2D eigenvalue weighted by atomic mass is 35.5. The van der Waals surface area contributed by atoms with Gasteiger partial charge in [-0.15, -0.1) is 12.4 Å². The van der Waals surface area contributed by atoms with Crippen LogP contribution in [-0.2, 0) is 4.79 Å². The molecule has 1 N–H and O–H groups in total. The van der Waals surface area contributed by atoms with Crippen molar-refractivity contribution in [3.8, 4) is 0 Å². The quantitative estimate of drug-likeness (QED) is 0.852. The standard InChI is InChI=1S/C14H27N3O.ClH/c1-4-16-9-10-17(14(2,3)13(16)18)11-12-5-7-15-8-6-12;/h12,15H,4-11H2,1-3H3;1H. The first-order valence-corrected chi connectivity index (χ1v) is 7.31. The van der Waals surface area contributed by atoms with Crippen molar-refractivity contribution >= 4 is 18.3 Å². The highest BCUT2D eigenvalue weighted by Gasteiger charge is 2.41. The van der Waals surface area contributed by atoms with Gasteiger partial charge in [-0.1, -0.05) is 0 Å². The van der Waals surface area contributed by atoms with Gasteiger partial charge in [0, 0.05) is 26.2 Å². The summed E-state index contributed by atoms with van der Waals surface area (Å²) in [6.45, 7) is 12.3. The Morgan fingerprint density at radius 1 is 1.26 bits per heavy atom. The van der Waals surface area contributed by atoms with E-state index >= 15 is 0 Å². The van der Waals surface area contributed by atoms with Crippen molar-refractivity contribution in [1.82, 2.24) is 15.1 Å². The number of carbonyl (C=O) groups is 1. The number of hydrogen-bond donors (Lipinski definition) is 1. The molecule has 0 aromatic carbocycles. The van der Waals surface area contributed by atoms with Gasteiger partial charge in [0.15, 0.2) is 0 Å². The first kappa shape index (κ1) is 16.7. The zero-order chi connectivity index (χ0) is 13.2. The van der Waals surface area contributed by atoms with Gasteiger partial charge in [0.05, 0.1) is 5.54 Å². The molecule has 0 atom stereocenters. The molecule has 0 unspecified atom stereocenters. The van der Waals surface area contributed by atoms with E-state index < -0.39 is 0 Å². The zero-order valence-corrected chi connectivity index (χ0v) is 13.3. The van der Waals surface area contributed by atoms with E-state index in [1.54, 1.807) is 0 Å². The van der Waals surface area contributed by atoms with Gasteiger partial charge in [-0.2, -0.15) is 0 Å². The maximum absolute atomic E-state index is 12.4. The third-order valence-electron chi connectivity index (χ3n) is 4.56. The van der Waals surface area contributed by atoms with Crippen molar-refractivity contribution in [1.29, 1.82) is 0 Å². The first-order valence-electron chi connectivity index (χ1n) is 7.31. The van der Waals surface area contributed by atoms with Crippen molar-refractivity contribution in [3.05, 3.63) is 0 Å². The average molecular weight is 290 g/mol. The number of amides is 1. The lowest BCUT2D eigenvalue weighted by molar-refractivity contribution is -0.149. The van der Waals surface area contributed by atoms with Crippen molar-refractivity contribution in [2.45, 2.75) is 39.2 Å². The molecule has 2 aliphatic rings. The van der Waals surface area contributed by atoms with E-state index in [2.05, 4.69) is 31.0 Å². The Bertz CT molecular complexity index is 303. The largest absolute Gasteiger partial charge is 0.340 e. The van der Waals surface area contributed by atoms with E-state index in [-0.39, 0.29) is 17.9 Å². The molecule has 2 aliphatic heterocycles. The molecule has 0 aliphatic carbocycles. The minimum Gasteiger partial charge on any atom is -0.340 e. The smallest absolute Gasteiger partial charge is 0.242 e. The minimum absolute atomic E-state index is 0. The Morgan fingerprint density at radius 2 is 1.89 bits per heavy atom. The normalized spacial score (nSPS) is 25.2. The van der Waals surface area contributed by atoms with Crippen LogP contribution in [0, 0.1) is 5.92 Å². The molecule has 2 rings (SSSR count). The van der Waals surface area contributed by atoms with Crippen LogP contribution < -0.4 is 5.32 Å². The molecule has 0 bridgehead atoms. The molecule has 112 valence electrons. The molecular formula is C14H28ClN3O. The number of piperazine rings is 1. The Balaban J connectivity index is 0.00000180. The van der Waals surface area contributed by atoms with Gasteiger partial charge in [-0.05, 0) is 52.6 Å². The lowest BCUT2D eigenvalue weighted by Crippen LogP contribution is -2.63. The van der Waals surface area contributed by atoms with Gasteiger partial charge in [0.2, 0.25) is 5.91 Å². The second-order valence-electron chi connectivity index (χ2n) is 6.08. The van der Waals surface area contributed by atoms with Crippen LogP contribution >= 0.6 is 12.4 Å². The van der Waals surface area contributed by atoms with Gasteiger partial charge in [0.1, 0.15) is 0 Å². The molecule has 5 heteroatoms. The van der Waals surface area contributed by atoms with E-state index in [0.29, 0.717) is 5.91 Å². The average Bonchev–Trinajstić information content (AvgIpc) is 2.37. The van der Waals surface area contributed by atoms with Crippen LogP contribution in [0.3, 0.4) is 0 Å². The number of halogens is 1. The van der Waals surface area contributed by atoms with Crippen LogP contribution in [0.2, 0.25) is 0 Å². The van der Waals surface area contributed by atoms with Crippen LogP contribution in [0.1, 0.15) is 33.6 Å². The third kappa shape index (κ3) is 3.61. The van der Waals surface area contributed by atoms with Gasteiger partial charge in [-0.25, -0.2) is 0 Å². The molecule has 19 heavy (non-hydrogen) atoms. The summed E-state index contributed by atoms with van der Waals surface area (Å²) in [4.78, 5) is 16.8. The molecular weight excluding hydrogens is 262 g/mol. The van der Waals surface area contributed by atoms with Gasteiger partial charge in [-0.3, -0.25) is 9.69 Å². The molecule has 0 spiro atoms. The SMILES string of the molecule is CCN1CCN(CC2CCNCC2)C(C)(C)C1=O.Cl. The summed E-state index contributed by atoms with van der Waals surface area (Å²) >= 11 is 0. The van der Waals surface area contributed by atoms with Crippen molar-refractivity contribution < 1.29 is 4.79 Å². The Labute approximate surface area is 123 Å². The summed E-state index contributed by atoms with van der Waals surface area (Å²) in [5.74, 6) is 1.05. The highest BCUT2D eigenvalue weighted by Crippen LogP contribution is 2.25. The fraction of sp³-hybridized carbons (Fsp3) is 0.929. The summed E-state index contributed by atoms with van der Waals surface area (Å²) in [5.41, 5.74) is -0.320. The molecule has 0 saturated carbocycles. The summed E-state index contributed by atoms with van der Waals surface area (Å²) in [7, 11) is 0. The third-order valence-corrected chi connectivity index (χ3v) is 4.56. The summed E-state index contributed by atoms with van der Waals surface area (Å²) in [6, 6.07) is 0. The summed E-state index contributed by atoms with van der Waals surface area (Å²) < 4.78 is 0. The van der Waals surface area contributed by atoms with E-state index in [0.717, 1.165) is 45.2 Å². The number of likely N-dealkylation sites (N-methyl/N-ethyl adjacent to an activating group) is 1. The lowest BCUT2D eigenvalue weighted by Gasteiger charge is -2.47. The number of piperidine rings is 1. The fourth-order valence-corrected chi connectivity index (χ4v) is 3.14. The Morgan fingerprint density at radius 3 is 2.47 bits per heavy atom. The van der Waals surface area contributed by atoms with Gasteiger partial charge < -0.3 is 10.2 Å². The molecule has 0 aromatic heterocycles. The second kappa shape index (κ2) is 6.91. The van der Waals surface area contributed by atoms with Gasteiger partial charge >= 0.3 is 0 Å². The number of nitrogens with one attached hydrogen (secondary N) is 1. The van der Waals surface area contributed by atoms with Crippen molar-refractivity contribution in [2.75, 3.05) is 39.3 Å². The first-order chi connectivity index (χ1) is 8.55. The molecule has 0 aromatic rings. The molecule has 2 heterocycles. The van der Waals surface area contributed by atoms with Crippen LogP contribution in [0.5, 0.6) is 0 Å². The Hall–Kier alpha value is -0.320. The lowest BCUT2D eigenvalue weighted by atomic mass is 9.92. The zero-order valence-electron chi connectivity index (χ0n) is 12.4. The maximum Gasteiger partial charge on any atom is 0.242 e. The van der Waals surface area contributed by atoms with Crippen LogP contribution in [0.15, 0.2) is 0 Å². The van der Waals surface area contributed by atoms with Gasteiger partial charge in [0.25, 0.3) is 0 Å². The number of nitrogens with zero attached hydrogens (tertiary/aromatic N) is 2. The van der Waals surface area contributed by atoms with Crippen LogP contribution in [0.25, 0.3) is 0 Å². The molecule has 2 fully saturated rings. The van der Waals surface area contributed by atoms with Crippen LogP contribution in [-0.4, -0.2) is 60.5 Å². The Kier molecular flexibility index (Phi) is 6.09. The van der Waals surface area contributed by atoms with E-state index in [9.17, 15) is 4.79 Å². The maximum atomic E-state index is 12.4. The number of rotatable bonds is 3. The summed E-state index contributed by atoms with van der Waals surface area (Å²) in [5, 5.41) is 3.40. The monoisotopic (exact) mass is 289 g/mol. The van der Waals surface area contributed by atoms with Crippen molar-refractivity contribution in [3.63, 3.8) is 0 Å². The molecule has 0 radical (unpaired) electrons. The van der Waals surface area contributed by atoms with Crippen LogP contribution in [0.4, 0.5) is 0 Å².